The van der Waals surface area contributed by atoms with Gasteiger partial charge in [-0.05, 0) is 30.7 Å². The van der Waals surface area contributed by atoms with Crippen LogP contribution in [0.2, 0.25) is 0 Å². The molecule has 0 amide bonds. The summed E-state index contributed by atoms with van der Waals surface area (Å²) in [6.45, 7) is 3.47. The zero-order valence-corrected chi connectivity index (χ0v) is 8.41. The molecule has 14 heavy (non-hydrogen) atoms. The zero-order valence-electron chi connectivity index (χ0n) is 8.41. The Morgan fingerprint density at radius 3 is 2.86 bits per heavy atom. The minimum atomic E-state index is 0.686. The van der Waals surface area contributed by atoms with Crippen LogP contribution in [0.4, 0.5) is 0 Å². The fourth-order valence-corrected chi connectivity index (χ4v) is 1.50. The van der Waals surface area contributed by atoms with Gasteiger partial charge < -0.3 is 9.47 Å². The van der Waals surface area contributed by atoms with Crippen molar-refractivity contribution in [3.63, 3.8) is 0 Å². The molecule has 0 spiro atoms. The van der Waals surface area contributed by atoms with Crippen LogP contribution in [0.5, 0.6) is 5.75 Å². The van der Waals surface area contributed by atoms with Gasteiger partial charge in [-0.25, -0.2) is 4.99 Å². The second-order valence-corrected chi connectivity index (χ2v) is 3.27. The van der Waals surface area contributed by atoms with Crippen LogP contribution in [-0.2, 0) is 4.74 Å². The molecule has 1 aliphatic heterocycles. The Morgan fingerprint density at radius 1 is 1.36 bits per heavy atom. The lowest BCUT2D eigenvalue weighted by Crippen LogP contribution is -2.01. The van der Waals surface area contributed by atoms with Crippen LogP contribution in [0.25, 0.3) is 0 Å². The third kappa shape index (κ3) is 1.71. The number of nitrogens with zero attached hydrogens (tertiary/aromatic N) is 1. The molecule has 0 bridgehead atoms. The fourth-order valence-electron chi connectivity index (χ4n) is 1.50. The lowest BCUT2D eigenvalue weighted by Gasteiger charge is -2.06. The first-order valence-corrected chi connectivity index (χ1v) is 4.63. The van der Waals surface area contributed by atoms with Crippen molar-refractivity contribution in [3.05, 3.63) is 29.3 Å². The van der Waals surface area contributed by atoms with Crippen molar-refractivity contribution in [2.45, 2.75) is 6.92 Å². The standard InChI is InChI=1S/C11H13NO2/c1-8-5-9(7-10(6-8)13-2)11-12-3-4-14-11/h5-7H,3-4H2,1-2H3. The summed E-state index contributed by atoms with van der Waals surface area (Å²) in [7, 11) is 1.66. The summed E-state index contributed by atoms with van der Waals surface area (Å²) in [5, 5.41) is 0. The first-order chi connectivity index (χ1) is 6.79. The van der Waals surface area contributed by atoms with E-state index in [2.05, 4.69) is 4.99 Å². The lowest BCUT2D eigenvalue weighted by atomic mass is 10.1. The number of hydrogen-bond acceptors (Lipinski definition) is 3. The quantitative estimate of drug-likeness (QED) is 0.713. The van der Waals surface area contributed by atoms with E-state index >= 15 is 0 Å². The topological polar surface area (TPSA) is 30.8 Å². The highest BCUT2D eigenvalue weighted by Gasteiger charge is 2.11. The number of aryl methyl sites for hydroxylation is 1. The van der Waals surface area contributed by atoms with Crippen LogP contribution in [0.1, 0.15) is 11.1 Å². The van der Waals surface area contributed by atoms with Crippen LogP contribution in [-0.4, -0.2) is 26.2 Å². The van der Waals surface area contributed by atoms with E-state index in [-0.39, 0.29) is 0 Å². The maximum atomic E-state index is 5.39. The molecule has 3 heteroatoms. The van der Waals surface area contributed by atoms with Crippen molar-refractivity contribution in [1.82, 2.24) is 0 Å². The number of benzene rings is 1. The van der Waals surface area contributed by atoms with E-state index in [4.69, 9.17) is 9.47 Å². The van der Waals surface area contributed by atoms with Gasteiger partial charge >= 0.3 is 0 Å². The molecule has 1 aromatic carbocycles. The SMILES string of the molecule is COc1cc(C)cc(C2=NCCO2)c1. The maximum Gasteiger partial charge on any atom is 0.216 e. The van der Waals surface area contributed by atoms with Crippen LogP contribution >= 0.6 is 0 Å². The van der Waals surface area contributed by atoms with Crippen molar-refractivity contribution in [3.8, 4) is 5.75 Å². The lowest BCUT2D eigenvalue weighted by molar-refractivity contribution is 0.348. The third-order valence-corrected chi connectivity index (χ3v) is 2.12. The van der Waals surface area contributed by atoms with E-state index < -0.39 is 0 Å². The molecule has 0 fully saturated rings. The monoisotopic (exact) mass is 191 g/mol. The summed E-state index contributed by atoms with van der Waals surface area (Å²) in [6.07, 6.45) is 0. The van der Waals surface area contributed by atoms with Crippen molar-refractivity contribution >= 4 is 5.90 Å². The molecule has 1 aliphatic rings. The van der Waals surface area contributed by atoms with Crippen molar-refractivity contribution in [2.75, 3.05) is 20.3 Å². The van der Waals surface area contributed by atoms with E-state index in [0.717, 1.165) is 29.3 Å². The number of methoxy groups -OCH3 is 1. The minimum Gasteiger partial charge on any atom is -0.497 e. The van der Waals surface area contributed by atoms with Gasteiger partial charge in [0, 0.05) is 5.56 Å². The van der Waals surface area contributed by atoms with Gasteiger partial charge in [0.05, 0.1) is 13.7 Å². The van der Waals surface area contributed by atoms with E-state index in [0.29, 0.717) is 6.61 Å². The number of aliphatic imine (C=N–C) groups is 1. The van der Waals surface area contributed by atoms with E-state index in [1.54, 1.807) is 7.11 Å². The molecule has 0 aromatic heterocycles. The summed E-state index contributed by atoms with van der Waals surface area (Å²) >= 11 is 0. The summed E-state index contributed by atoms with van der Waals surface area (Å²) < 4.78 is 10.6. The van der Waals surface area contributed by atoms with E-state index in [9.17, 15) is 0 Å². The Labute approximate surface area is 83.4 Å². The summed E-state index contributed by atoms with van der Waals surface area (Å²) in [5.41, 5.74) is 2.15. The van der Waals surface area contributed by atoms with Gasteiger partial charge in [0.15, 0.2) is 0 Å². The van der Waals surface area contributed by atoms with Crippen LogP contribution in [0, 0.1) is 6.92 Å². The van der Waals surface area contributed by atoms with Crippen molar-refractivity contribution < 1.29 is 9.47 Å². The van der Waals surface area contributed by atoms with Crippen molar-refractivity contribution in [2.24, 2.45) is 4.99 Å². The molecule has 0 N–H and O–H groups in total. The number of ether oxygens (including phenoxy) is 2. The fraction of sp³-hybridized carbons (Fsp3) is 0.364. The number of rotatable bonds is 2. The highest BCUT2D eigenvalue weighted by Crippen LogP contribution is 2.18. The summed E-state index contributed by atoms with van der Waals surface area (Å²) in [4.78, 5) is 4.26. The molecule has 0 saturated heterocycles. The molecule has 1 aromatic rings. The molecule has 0 radical (unpaired) electrons. The third-order valence-electron chi connectivity index (χ3n) is 2.12. The van der Waals surface area contributed by atoms with Crippen molar-refractivity contribution in [1.29, 1.82) is 0 Å². The molecule has 3 nitrogen and oxygen atoms in total. The molecule has 1 heterocycles. The first-order valence-electron chi connectivity index (χ1n) is 4.63. The molecule has 0 saturated carbocycles. The summed E-state index contributed by atoms with van der Waals surface area (Å²) in [6, 6.07) is 5.98. The highest BCUT2D eigenvalue weighted by atomic mass is 16.5. The Balaban J connectivity index is 2.37. The maximum absolute atomic E-state index is 5.39. The summed E-state index contributed by atoms with van der Waals surface area (Å²) in [5.74, 6) is 1.57. The molecule has 0 aliphatic carbocycles. The highest BCUT2D eigenvalue weighted by molar-refractivity contribution is 5.95. The average molecular weight is 191 g/mol. The van der Waals surface area contributed by atoms with Crippen LogP contribution < -0.4 is 4.74 Å². The predicted molar refractivity (Wildman–Crippen MR) is 55.1 cm³/mol. The van der Waals surface area contributed by atoms with Crippen LogP contribution in [0.15, 0.2) is 23.2 Å². The number of hydrogen-bond donors (Lipinski definition) is 0. The molecule has 0 atom stereocenters. The van der Waals surface area contributed by atoms with Gasteiger partial charge in [0.1, 0.15) is 12.4 Å². The second-order valence-electron chi connectivity index (χ2n) is 3.27. The smallest absolute Gasteiger partial charge is 0.216 e. The van der Waals surface area contributed by atoms with E-state index in [1.807, 2.05) is 25.1 Å². The van der Waals surface area contributed by atoms with Gasteiger partial charge in [0.25, 0.3) is 0 Å². The Bertz CT molecular complexity index is 372. The van der Waals surface area contributed by atoms with Gasteiger partial charge in [-0.2, -0.15) is 0 Å². The Kier molecular flexibility index (Phi) is 2.39. The predicted octanol–water partition coefficient (Wildman–Crippen LogP) is 1.78. The molecule has 0 unspecified atom stereocenters. The molecule has 2 rings (SSSR count). The van der Waals surface area contributed by atoms with Gasteiger partial charge in [-0.3, -0.25) is 0 Å². The van der Waals surface area contributed by atoms with Gasteiger partial charge in [-0.1, -0.05) is 0 Å². The average Bonchev–Trinajstić information content (AvgIpc) is 2.69. The second kappa shape index (κ2) is 3.70. The Hall–Kier alpha value is -1.51. The Morgan fingerprint density at radius 2 is 2.21 bits per heavy atom. The van der Waals surface area contributed by atoms with Gasteiger partial charge in [-0.15, -0.1) is 0 Å². The largest absolute Gasteiger partial charge is 0.497 e. The van der Waals surface area contributed by atoms with E-state index in [1.165, 1.54) is 0 Å². The van der Waals surface area contributed by atoms with Crippen LogP contribution in [0.3, 0.4) is 0 Å². The first kappa shape index (κ1) is 9.06. The zero-order chi connectivity index (χ0) is 9.97. The molecule has 74 valence electrons. The molecular weight excluding hydrogens is 178 g/mol. The molecular formula is C11H13NO2. The normalized spacial score (nSPS) is 14.9. The van der Waals surface area contributed by atoms with Gasteiger partial charge in [0.2, 0.25) is 5.90 Å². The minimum absolute atomic E-state index is 0.686.